The molecule has 27 heavy (non-hydrogen) atoms. The van der Waals surface area contributed by atoms with E-state index in [2.05, 4.69) is 15.2 Å². The molecule has 0 spiro atoms. The number of aromatic nitrogens is 4. The van der Waals surface area contributed by atoms with Gasteiger partial charge in [0, 0.05) is 17.3 Å². The summed E-state index contributed by atoms with van der Waals surface area (Å²) in [6, 6.07) is 10.6. The number of hydrogen-bond acceptors (Lipinski definition) is 8. The Labute approximate surface area is 157 Å². The van der Waals surface area contributed by atoms with Gasteiger partial charge < -0.3 is 9.26 Å². The number of fused-ring (bicyclic) bond motifs is 1. The van der Waals surface area contributed by atoms with Crippen molar-refractivity contribution >= 4 is 22.3 Å². The summed E-state index contributed by atoms with van der Waals surface area (Å²) in [6.45, 7) is 3.31. The molecule has 0 fully saturated rings. The van der Waals surface area contributed by atoms with E-state index in [1.165, 1.54) is 21.9 Å². The van der Waals surface area contributed by atoms with Crippen molar-refractivity contribution in [1.82, 2.24) is 19.8 Å². The first-order chi connectivity index (χ1) is 13.0. The second-order valence-corrected chi connectivity index (χ2v) is 6.87. The zero-order valence-electron chi connectivity index (χ0n) is 14.5. The van der Waals surface area contributed by atoms with Gasteiger partial charge in [0.15, 0.2) is 5.01 Å². The van der Waals surface area contributed by atoms with E-state index in [-0.39, 0.29) is 17.7 Å². The highest BCUT2D eigenvalue weighted by atomic mass is 32.1. The van der Waals surface area contributed by atoms with E-state index in [9.17, 15) is 9.59 Å². The number of benzene rings is 1. The van der Waals surface area contributed by atoms with Gasteiger partial charge in [-0.25, -0.2) is 9.78 Å². The SMILES string of the molecule is Cc1cc(=O)n2nc(COC(=O)c3c(-c4ccccc4)noc3C)sc2n1. The molecule has 0 bridgehead atoms. The molecule has 0 saturated carbocycles. The number of hydrogen-bond donors (Lipinski definition) is 0. The van der Waals surface area contributed by atoms with Crippen LogP contribution in [0.25, 0.3) is 16.2 Å². The van der Waals surface area contributed by atoms with Gasteiger partial charge in [0.2, 0.25) is 4.96 Å². The lowest BCUT2D eigenvalue weighted by molar-refractivity contribution is 0.0470. The molecule has 0 aliphatic carbocycles. The highest BCUT2D eigenvalue weighted by molar-refractivity contribution is 7.16. The van der Waals surface area contributed by atoms with Crippen LogP contribution in [-0.2, 0) is 11.3 Å². The molecule has 0 unspecified atom stereocenters. The Morgan fingerprint density at radius 3 is 2.81 bits per heavy atom. The zero-order valence-corrected chi connectivity index (χ0v) is 15.3. The van der Waals surface area contributed by atoms with Gasteiger partial charge in [0.05, 0.1) is 0 Å². The smallest absolute Gasteiger partial charge is 0.344 e. The molecule has 0 aliphatic rings. The van der Waals surface area contributed by atoms with Crippen LogP contribution in [0.15, 0.2) is 45.7 Å². The minimum absolute atomic E-state index is 0.0792. The van der Waals surface area contributed by atoms with Gasteiger partial charge in [0.25, 0.3) is 5.56 Å². The maximum atomic E-state index is 12.6. The minimum Gasteiger partial charge on any atom is -0.454 e. The fourth-order valence-electron chi connectivity index (χ4n) is 2.62. The second kappa shape index (κ2) is 6.76. The van der Waals surface area contributed by atoms with Gasteiger partial charge in [-0.3, -0.25) is 4.79 Å². The summed E-state index contributed by atoms with van der Waals surface area (Å²) in [6.07, 6.45) is 0. The molecule has 3 heterocycles. The quantitative estimate of drug-likeness (QED) is 0.500. The number of rotatable bonds is 4. The summed E-state index contributed by atoms with van der Waals surface area (Å²) >= 11 is 1.19. The van der Waals surface area contributed by atoms with E-state index in [1.54, 1.807) is 13.8 Å². The van der Waals surface area contributed by atoms with Crippen LogP contribution >= 0.6 is 11.3 Å². The molecule has 1 aromatic carbocycles. The number of carbonyl (C=O) groups excluding carboxylic acids is 1. The Hall–Kier alpha value is -3.33. The van der Waals surface area contributed by atoms with E-state index in [4.69, 9.17) is 9.26 Å². The standard InChI is InChI=1S/C18H14N4O4S/c1-10-8-14(23)22-18(19-10)27-13(20-22)9-25-17(24)15-11(2)26-21-16(15)12-6-4-3-5-7-12/h3-8H,9H2,1-2H3. The number of aryl methyl sites for hydroxylation is 2. The zero-order chi connectivity index (χ0) is 19.0. The second-order valence-electron chi connectivity index (χ2n) is 5.83. The third kappa shape index (κ3) is 3.24. The number of nitrogens with zero attached hydrogens (tertiary/aromatic N) is 4. The van der Waals surface area contributed by atoms with Crippen molar-refractivity contribution in [3.8, 4) is 11.3 Å². The fourth-order valence-corrected chi connectivity index (χ4v) is 3.48. The fraction of sp³-hybridized carbons (Fsp3) is 0.167. The van der Waals surface area contributed by atoms with Gasteiger partial charge >= 0.3 is 5.97 Å². The molecule has 9 heteroatoms. The summed E-state index contributed by atoms with van der Waals surface area (Å²) < 4.78 is 11.8. The van der Waals surface area contributed by atoms with Gasteiger partial charge in [0.1, 0.15) is 23.6 Å². The third-order valence-electron chi connectivity index (χ3n) is 3.86. The maximum absolute atomic E-state index is 12.6. The summed E-state index contributed by atoms with van der Waals surface area (Å²) in [7, 11) is 0. The summed E-state index contributed by atoms with van der Waals surface area (Å²) in [4.78, 5) is 29.2. The highest BCUT2D eigenvalue weighted by Gasteiger charge is 2.23. The van der Waals surface area contributed by atoms with Crippen molar-refractivity contribution in [3.05, 3.63) is 68.8 Å². The molecule has 0 atom stereocenters. The van der Waals surface area contributed by atoms with Crippen LogP contribution in [0.4, 0.5) is 0 Å². The number of esters is 1. The van der Waals surface area contributed by atoms with Crippen LogP contribution in [-0.4, -0.2) is 25.7 Å². The molecule has 4 rings (SSSR count). The lowest BCUT2D eigenvalue weighted by atomic mass is 10.1. The topological polar surface area (TPSA) is 99.6 Å². The molecule has 4 aromatic rings. The number of carbonyl (C=O) groups is 1. The predicted octanol–water partition coefficient (Wildman–Crippen LogP) is 2.78. The van der Waals surface area contributed by atoms with Crippen molar-refractivity contribution in [3.63, 3.8) is 0 Å². The van der Waals surface area contributed by atoms with E-state index in [0.717, 1.165) is 5.56 Å². The minimum atomic E-state index is -0.566. The van der Waals surface area contributed by atoms with Crippen molar-refractivity contribution in [2.45, 2.75) is 20.5 Å². The molecule has 0 N–H and O–H groups in total. The largest absolute Gasteiger partial charge is 0.454 e. The third-order valence-corrected chi connectivity index (χ3v) is 4.74. The lowest BCUT2D eigenvalue weighted by Gasteiger charge is -2.03. The predicted molar refractivity (Wildman–Crippen MR) is 97.7 cm³/mol. The lowest BCUT2D eigenvalue weighted by Crippen LogP contribution is -2.14. The molecule has 8 nitrogen and oxygen atoms in total. The summed E-state index contributed by atoms with van der Waals surface area (Å²) in [5.74, 6) is -0.194. The highest BCUT2D eigenvalue weighted by Crippen LogP contribution is 2.26. The van der Waals surface area contributed by atoms with Crippen molar-refractivity contribution in [2.75, 3.05) is 0 Å². The van der Waals surface area contributed by atoms with E-state index < -0.39 is 5.97 Å². The summed E-state index contributed by atoms with van der Waals surface area (Å²) in [5.41, 5.74) is 1.80. The summed E-state index contributed by atoms with van der Waals surface area (Å²) in [5, 5.41) is 8.59. The van der Waals surface area contributed by atoms with Crippen LogP contribution in [0.5, 0.6) is 0 Å². The Morgan fingerprint density at radius 2 is 2.04 bits per heavy atom. The first-order valence-electron chi connectivity index (χ1n) is 8.08. The van der Waals surface area contributed by atoms with Crippen molar-refractivity contribution in [2.24, 2.45) is 0 Å². The molecule has 0 amide bonds. The van der Waals surface area contributed by atoms with E-state index >= 15 is 0 Å². The number of ether oxygens (including phenoxy) is 1. The molecule has 0 radical (unpaired) electrons. The van der Waals surface area contributed by atoms with Gasteiger partial charge in [-0.05, 0) is 13.8 Å². The van der Waals surface area contributed by atoms with Gasteiger partial charge in [-0.1, -0.05) is 46.8 Å². The van der Waals surface area contributed by atoms with E-state index in [0.29, 0.717) is 27.1 Å². The van der Waals surface area contributed by atoms with Crippen LogP contribution in [0.2, 0.25) is 0 Å². The first kappa shape index (κ1) is 17.1. The maximum Gasteiger partial charge on any atom is 0.344 e. The molecule has 136 valence electrons. The Kier molecular flexibility index (Phi) is 4.28. The van der Waals surface area contributed by atoms with Crippen LogP contribution in [0.3, 0.4) is 0 Å². The Morgan fingerprint density at radius 1 is 1.26 bits per heavy atom. The van der Waals surface area contributed by atoms with Crippen LogP contribution in [0.1, 0.15) is 26.8 Å². The Balaban J connectivity index is 1.58. The molecular weight excluding hydrogens is 368 g/mol. The first-order valence-corrected chi connectivity index (χ1v) is 8.90. The van der Waals surface area contributed by atoms with E-state index in [1.807, 2.05) is 30.3 Å². The average Bonchev–Trinajstić information content (AvgIpc) is 3.24. The normalized spacial score (nSPS) is 11.0. The molecule has 3 aromatic heterocycles. The van der Waals surface area contributed by atoms with Crippen LogP contribution in [0, 0.1) is 13.8 Å². The van der Waals surface area contributed by atoms with Crippen molar-refractivity contribution in [1.29, 1.82) is 0 Å². The molecule has 0 aliphatic heterocycles. The van der Waals surface area contributed by atoms with Crippen LogP contribution < -0.4 is 5.56 Å². The molecular formula is C18H14N4O4S. The van der Waals surface area contributed by atoms with Gasteiger partial charge in [-0.15, -0.1) is 0 Å². The van der Waals surface area contributed by atoms with Crippen molar-refractivity contribution < 1.29 is 14.1 Å². The Bertz CT molecular complexity index is 1190. The monoisotopic (exact) mass is 382 g/mol. The molecule has 0 saturated heterocycles. The average molecular weight is 382 g/mol. The van der Waals surface area contributed by atoms with Gasteiger partial charge in [-0.2, -0.15) is 9.61 Å².